The van der Waals surface area contributed by atoms with Crippen molar-refractivity contribution in [2.75, 3.05) is 0 Å². The standard InChI is InChI=1S/C12H12BN8.C12H10N.4C11H6F2N.2C11H8N.C11H20O2.C8H14O2.6Ir/c1-5-14-18(9-1)13(19-10-2-6-15-19,20-11-3-7-16-20)21-12-4-8-17-21;1-10-6-5-9-13-12(10)11-7-3-2-4-8-11;4*12-8-4-5-9(10(13)7-8)11-3-1-2-6-14-11;2*1-2-6-10(7-3-1)11-8-4-5-9-12-11;1-10(2,3)8(12)7-9(13)11(4,5)6;1-6(9)5-7(10)8(2,3)4;;;;;;/h1-12H;2-7,9H,1H3;4*1-4,6-7H;2*1-6,8-9H;7,12H,1-6H3;5,10H,1-4H3;;;;;;/q8*-1;;;;;;;;. The van der Waals surface area contributed by atoms with E-state index in [-0.39, 0.29) is 177 Å². The number of rotatable bonds is 13. The SMILES string of the molecule is CC(=O)C=C(O)C(C)(C)C.CC(C)(C)C(=O)C=C(O)C(C)(C)C.Cc1cccnc1-c1[c-]cccc1.Fc1c[c-]c(-c2ccccn2)c(F)c1.Fc1c[c-]c(-c2ccccn2)c(F)c1.Fc1c[c-]c(-c2ccccn2)c(F)c1.Fc1c[c-]c(-c2ccccn2)c(F)c1.[Ir].[Ir].[Ir].[Ir].[Ir].[Ir].[c-]1ccccc1-c1ccccn1.[c-]1ccccc1-c1ccccn1.c1cnn([B-](n2cccn2)(n2cccn2)n2cccn2)c1. The minimum absolute atomic E-state index is 0. The largest absolute Gasteiger partial charge is 0.512 e. The smallest absolute Gasteiger partial charge is 0.466 e. The number of hydrogen-bond donors (Lipinski definition) is 2. The maximum atomic E-state index is 13.2. The predicted octanol–water partition coefficient (Wildman–Crippen LogP) is 24.8. The Balaban J connectivity index is 0.000000409. The van der Waals surface area contributed by atoms with Crippen LogP contribution in [0.15, 0.2) is 384 Å². The molecule has 0 amide bonds. The first-order valence-electron chi connectivity index (χ1n) is 42.5. The van der Waals surface area contributed by atoms with E-state index in [2.05, 4.69) is 111 Å². The van der Waals surface area contributed by atoms with Crippen molar-refractivity contribution >= 4 is 18.3 Å². The van der Waals surface area contributed by atoms with Crippen LogP contribution in [0.25, 0.3) is 78.8 Å². The summed E-state index contributed by atoms with van der Waals surface area (Å²) in [6, 6.07) is 94.3. The third kappa shape index (κ3) is 40.2. The van der Waals surface area contributed by atoms with E-state index in [1.165, 1.54) is 24.6 Å². The van der Waals surface area contributed by atoms with Gasteiger partial charge < -0.3 is 63.5 Å². The number of carbonyl (C=O) groups is 2. The predicted molar refractivity (Wildman–Crippen MR) is 516 cm³/mol. The molecule has 0 aliphatic carbocycles. The second-order valence-corrected chi connectivity index (χ2v) is 32.4. The number of hydrogen-bond acceptors (Lipinski definition) is 15. The van der Waals surface area contributed by atoms with Crippen LogP contribution in [0.3, 0.4) is 0 Å². The Morgan fingerprint density at radius 2 is 0.566 bits per heavy atom. The van der Waals surface area contributed by atoms with Crippen molar-refractivity contribution in [2.45, 2.75) is 76.2 Å². The van der Waals surface area contributed by atoms with Crippen LogP contribution in [0.2, 0.25) is 0 Å². The Hall–Kier alpha value is -12.7. The minimum atomic E-state index is -1.83. The molecule has 11 aromatic heterocycles. The molecule has 752 valence electrons. The number of aromatic nitrogens is 15. The molecule has 0 aliphatic rings. The number of benzene rings is 7. The number of aliphatic hydroxyl groups is 2. The van der Waals surface area contributed by atoms with E-state index >= 15 is 0 Å². The summed E-state index contributed by atoms with van der Waals surface area (Å²) >= 11 is 0. The number of halogens is 8. The molecule has 18 aromatic rings. The number of nitrogens with zero attached hydrogens (tertiary/aromatic N) is 15. The first kappa shape index (κ1) is 124. The van der Waals surface area contributed by atoms with Crippen molar-refractivity contribution in [2.24, 2.45) is 16.2 Å². The molecule has 18 rings (SSSR count). The van der Waals surface area contributed by atoms with E-state index in [4.69, 9.17) is 0 Å². The minimum Gasteiger partial charge on any atom is -0.512 e. The number of aryl methyl sites for hydroxylation is 1. The average molecular weight is 3000 g/mol. The Morgan fingerprint density at radius 3 is 0.776 bits per heavy atom. The number of pyridine rings is 7. The summed E-state index contributed by atoms with van der Waals surface area (Å²) < 4.78 is 110. The van der Waals surface area contributed by atoms with Gasteiger partial charge in [-0.05, 0) is 145 Å². The van der Waals surface area contributed by atoms with Crippen molar-refractivity contribution in [1.82, 2.24) is 73.7 Å². The van der Waals surface area contributed by atoms with Gasteiger partial charge in [0.15, 0.2) is 11.6 Å². The molecule has 143 heavy (non-hydrogen) atoms. The van der Waals surface area contributed by atoms with Crippen LogP contribution >= 0.6 is 0 Å². The van der Waals surface area contributed by atoms with Gasteiger partial charge in [0, 0.05) is 264 Å². The van der Waals surface area contributed by atoms with Gasteiger partial charge in [-0.15, -0.1) is 156 Å². The summed E-state index contributed by atoms with van der Waals surface area (Å²) in [6.45, 7) is 18.3. The number of carbonyl (C=O) groups excluding carboxylic acids is 2. The van der Waals surface area contributed by atoms with E-state index in [9.17, 15) is 54.9 Å². The van der Waals surface area contributed by atoms with Crippen molar-refractivity contribution in [3.63, 3.8) is 0 Å². The van der Waals surface area contributed by atoms with Gasteiger partial charge in [-0.2, -0.15) is 0 Å². The second kappa shape index (κ2) is 63.3. The maximum Gasteiger partial charge on any atom is 0.466 e. The molecule has 19 nitrogen and oxygen atoms in total. The van der Waals surface area contributed by atoms with Crippen LogP contribution < -0.4 is 0 Å². The van der Waals surface area contributed by atoms with Gasteiger partial charge >= 0.3 is 6.69 Å². The Labute approximate surface area is 908 Å². The molecule has 11 heterocycles. The van der Waals surface area contributed by atoms with E-state index in [1.807, 2.05) is 251 Å². The molecular formula is C109H96BF8Ir6N15O4-8. The summed E-state index contributed by atoms with van der Waals surface area (Å²) in [7, 11) is 0. The molecule has 7 aromatic carbocycles. The van der Waals surface area contributed by atoms with Crippen LogP contribution in [-0.4, -0.2) is 102 Å². The fraction of sp³-hybridized carbons (Fsp3) is 0.128. The molecule has 0 spiro atoms. The van der Waals surface area contributed by atoms with Gasteiger partial charge in [-0.25, -0.2) is 20.4 Å². The molecule has 0 fully saturated rings. The fourth-order valence-corrected chi connectivity index (χ4v) is 11.7. The molecule has 0 unspecified atom stereocenters. The zero-order valence-corrected chi connectivity index (χ0v) is 93.1. The third-order valence-electron chi connectivity index (χ3n) is 18.8. The van der Waals surface area contributed by atoms with Gasteiger partial charge in [-0.1, -0.05) is 193 Å². The monoisotopic (exact) mass is 3000 g/mol. The normalized spacial score (nSPS) is 10.5. The summed E-state index contributed by atoms with van der Waals surface area (Å²) in [4.78, 5) is 50.5. The Morgan fingerprint density at radius 1 is 0.308 bits per heavy atom. The van der Waals surface area contributed by atoms with Crippen LogP contribution in [-0.2, 0) is 130 Å². The topological polar surface area (TPSA) is 236 Å². The first-order valence-corrected chi connectivity index (χ1v) is 42.5. The second-order valence-electron chi connectivity index (χ2n) is 32.4. The number of aliphatic hydroxyl groups excluding tert-OH is 2. The van der Waals surface area contributed by atoms with Gasteiger partial charge in [0.05, 0.1) is 0 Å². The first-order chi connectivity index (χ1) is 65.7. The van der Waals surface area contributed by atoms with E-state index < -0.39 is 58.6 Å². The van der Waals surface area contributed by atoms with Crippen LogP contribution in [0, 0.1) is 112 Å². The van der Waals surface area contributed by atoms with Crippen LogP contribution in [0.1, 0.15) is 74.8 Å². The Kier molecular flexibility index (Phi) is 55.1. The zero-order valence-electron chi connectivity index (χ0n) is 78.7. The van der Waals surface area contributed by atoms with Gasteiger partial charge in [0.2, 0.25) is 0 Å². The molecule has 6 radical (unpaired) electrons. The average Bonchev–Trinajstić information content (AvgIpc) is 1.59. The maximum absolute atomic E-state index is 13.2. The molecule has 2 N–H and O–H groups in total. The molecule has 0 bridgehead atoms. The van der Waals surface area contributed by atoms with Crippen molar-refractivity contribution in [3.8, 4) is 78.8 Å². The summed E-state index contributed by atoms with van der Waals surface area (Å²) in [5, 5.41) is 36.4. The number of allylic oxidation sites excluding steroid dienone is 4. The molecular weight excluding hydrogens is 2900 g/mol. The summed E-state index contributed by atoms with van der Waals surface area (Å²) in [5.41, 5.74) is 8.75. The summed E-state index contributed by atoms with van der Waals surface area (Å²) in [5.74, 6) is -5.02. The van der Waals surface area contributed by atoms with Gasteiger partial charge in [0.25, 0.3) is 0 Å². The summed E-state index contributed by atoms with van der Waals surface area (Å²) in [6.07, 6.45) is 28.6. The molecule has 34 heteroatoms. The number of ketones is 2. The third-order valence-corrected chi connectivity index (χ3v) is 18.8. The fourth-order valence-electron chi connectivity index (χ4n) is 11.7. The van der Waals surface area contributed by atoms with E-state index in [0.717, 1.165) is 82.3 Å². The van der Waals surface area contributed by atoms with Crippen LogP contribution in [0.5, 0.6) is 0 Å². The molecule has 0 aliphatic heterocycles. The van der Waals surface area contributed by atoms with Gasteiger partial charge in [-0.3, -0.25) is 44.7 Å². The molecule has 0 atom stereocenters. The van der Waals surface area contributed by atoms with Crippen molar-refractivity contribution in [3.05, 3.63) is 478 Å². The van der Waals surface area contributed by atoms with E-state index in [0.29, 0.717) is 22.8 Å². The Bertz CT molecular complexity index is 6080. The van der Waals surface area contributed by atoms with Crippen molar-refractivity contribution in [1.29, 1.82) is 0 Å². The zero-order chi connectivity index (χ0) is 98.8. The van der Waals surface area contributed by atoms with Gasteiger partial charge in [0.1, 0.15) is 11.5 Å². The molecule has 0 saturated heterocycles. The van der Waals surface area contributed by atoms with E-state index in [1.54, 1.807) is 135 Å². The van der Waals surface area contributed by atoms with Crippen LogP contribution in [0.4, 0.5) is 35.1 Å². The quantitative estimate of drug-likeness (QED) is 0.0359. The molecule has 0 saturated carbocycles. The van der Waals surface area contributed by atoms with Crippen molar-refractivity contribution < 1.29 is 176 Å².